The molecule has 0 aliphatic carbocycles. The van der Waals surface area contributed by atoms with Crippen molar-refractivity contribution in [3.05, 3.63) is 0 Å². The van der Waals surface area contributed by atoms with E-state index < -0.39 is 5.12 Å². The Bertz CT molecular complexity index is 111. The van der Waals surface area contributed by atoms with Gasteiger partial charge in [0.1, 0.15) is 0 Å². The minimum absolute atomic E-state index is 0.0594. The highest BCUT2D eigenvalue weighted by molar-refractivity contribution is 8.02. The number of rotatable bonds is 2. The van der Waals surface area contributed by atoms with Crippen molar-refractivity contribution >= 4 is 35.0 Å². The Labute approximate surface area is 58.6 Å². The summed E-state index contributed by atoms with van der Waals surface area (Å²) >= 11 is 7.85. The van der Waals surface area contributed by atoms with Crippen molar-refractivity contribution < 1.29 is 9.53 Å². The summed E-state index contributed by atoms with van der Waals surface area (Å²) in [7, 11) is 0. The molecule has 0 amide bonds. The summed E-state index contributed by atoms with van der Waals surface area (Å²) in [5.74, 6) is 0. The molecule has 2 nitrogen and oxygen atoms in total. The molecule has 0 aliphatic heterocycles. The maximum absolute atomic E-state index is 10.1. The van der Waals surface area contributed by atoms with Gasteiger partial charge in [0.05, 0.1) is 6.61 Å². The van der Waals surface area contributed by atoms with Crippen LogP contribution < -0.4 is 0 Å². The Morgan fingerprint density at radius 1 is 1.88 bits per heavy atom. The fraction of sp³-hybridized carbons (Fsp3) is 0.500. The van der Waals surface area contributed by atoms with E-state index >= 15 is 0 Å². The maximum Gasteiger partial charge on any atom is 0.262 e. The van der Waals surface area contributed by atoms with E-state index in [0.717, 1.165) is 0 Å². The van der Waals surface area contributed by atoms with Gasteiger partial charge in [-0.2, -0.15) is 0 Å². The normalized spacial score (nSPS) is 8.25. The molecule has 0 aromatic heterocycles. The minimum Gasteiger partial charge on any atom is -0.480 e. The highest BCUT2D eigenvalue weighted by Gasteiger charge is 2.01. The van der Waals surface area contributed by atoms with Crippen LogP contribution in [0.1, 0.15) is 6.92 Å². The van der Waals surface area contributed by atoms with Crippen LogP contribution in [-0.2, 0) is 9.53 Å². The molecule has 0 atom stereocenters. The van der Waals surface area contributed by atoms with E-state index in [0.29, 0.717) is 6.61 Å². The van der Waals surface area contributed by atoms with Crippen molar-refractivity contribution in [2.24, 2.45) is 0 Å². The monoisotopic (exact) mass is 150 g/mol. The molecule has 46 valence electrons. The second kappa shape index (κ2) is 3.86. The maximum atomic E-state index is 10.1. The minimum atomic E-state index is -0.484. The van der Waals surface area contributed by atoms with Gasteiger partial charge in [-0.05, 0) is 19.1 Å². The van der Waals surface area contributed by atoms with Gasteiger partial charge in [-0.25, -0.2) is 0 Å². The number of carbonyl (C=O) groups excluding carboxylic acids is 1. The molecule has 0 aromatic carbocycles. The van der Waals surface area contributed by atoms with Crippen LogP contribution in [0.3, 0.4) is 0 Å². The molecule has 0 N–H and O–H groups in total. The van der Waals surface area contributed by atoms with E-state index in [1.165, 1.54) is 0 Å². The predicted octanol–water partition coefficient (Wildman–Crippen LogP) is 0.807. The van der Waals surface area contributed by atoms with Crippen LogP contribution in [0.5, 0.6) is 0 Å². The summed E-state index contributed by atoms with van der Waals surface area (Å²) in [4.78, 5) is 10.1. The molecule has 0 unspecified atom stereocenters. The van der Waals surface area contributed by atoms with Gasteiger partial charge >= 0.3 is 0 Å². The van der Waals surface area contributed by atoms with Crippen molar-refractivity contribution in [1.29, 1.82) is 0 Å². The first-order valence-electron chi connectivity index (χ1n) is 2.08. The first kappa shape index (κ1) is 7.91. The lowest BCUT2D eigenvalue weighted by Gasteiger charge is -1.96. The number of hydrogen-bond acceptors (Lipinski definition) is 3. The van der Waals surface area contributed by atoms with Crippen molar-refractivity contribution in [3.8, 4) is 0 Å². The van der Waals surface area contributed by atoms with E-state index in [1.807, 2.05) is 0 Å². The molecule has 0 fully saturated rings. The molecule has 8 heavy (non-hydrogen) atoms. The van der Waals surface area contributed by atoms with Crippen LogP contribution in [0.2, 0.25) is 0 Å². The fourth-order valence-corrected chi connectivity index (χ4v) is 0.375. The van der Waals surface area contributed by atoms with Gasteiger partial charge in [0.25, 0.3) is 5.12 Å². The number of ether oxygens (including phenoxy) is 1. The van der Waals surface area contributed by atoms with Crippen molar-refractivity contribution in [2.75, 3.05) is 6.61 Å². The molecule has 0 radical (unpaired) electrons. The van der Waals surface area contributed by atoms with Crippen molar-refractivity contribution in [1.82, 2.24) is 0 Å². The molecule has 0 rings (SSSR count). The lowest BCUT2D eigenvalue weighted by Crippen LogP contribution is -2.08. The Hall–Kier alpha value is -0.0900. The summed E-state index contributed by atoms with van der Waals surface area (Å²) in [6.45, 7) is 2.17. The van der Waals surface area contributed by atoms with E-state index in [2.05, 4.69) is 29.6 Å². The standard InChI is InChI=1S/C4H6O2S2/c1-2-6-4(8)3(5)7/h2H2,1H3,(H,5,7). The highest BCUT2D eigenvalue weighted by Crippen LogP contribution is 1.87. The third-order valence-electron chi connectivity index (χ3n) is 0.450. The van der Waals surface area contributed by atoms with E-state index in [4.69, 9.17) is 0 Å². The molecule has 0 aliphatic rings. The summed E-state index contributed by atoms with van der Waals surface area (Å²) in [5.41, 5.74) is 0. The van der Waals surface area contributed by atoms with E-state index in [9.17, 15) is 4.79 Å². The summed E-state index contributed by atoms with van der Waals surface area (Å²) in [5, 5.41) is -0.544. The van der Waals surface area contributed by atoms with Gasteiger partial charge in [0, 0.05) is 0 Å². The SMILES string of the molecule is CCOC(=S)C(=O)S. The molecule has 0 saturated heterocycles. The molecule has 0 saturated carbocycles. The van der Waals surface area contributed by atoms with Gasteiger partial charge in [-0.1, -0.05) is 12.6 Å². The lowest BCUT2D eigenvalue weighted by atomic mass is 10.8. The quantitative estimate of drug-likeness (QED) is 0.466. The number of hydrogen-bond donors (Lipinski definition) is 1. The Balaban J connectivity index is 3.49. The number of carbonyl (C=O) groups is 1. The molecule has 0 heterocycles. The second-order valence-electron chi connectivity index (χ2n) is 1.03. The van der Waals surface area contributed by atoms with Crippen LogP contribution in [0, 0.1) is 0 Å². The summed E-state index contributed by atoms with van der Waals surface area (Å²) in [6.07, 6.45) is 0. The number of thiocarbonyl (C=S) groups is 1. The Kier molecular flexibility index (Phi) is 3.81. The zero-order valence-corrected chi connectivity index (χ0v) is 6.09. The van der Waals surface area contributed by atoms with Crippen LogP contribution in [-0.4, -0.2) is 16.8 Å². The van der Waals surface area contributed by atoms with Gasteiger partial charge in [-0.15, -0.1) is 0 Å². The van der Waals surface area contributed by atoms with Crippen molar-refractivity contribution in [3.63, 3.8) is 0 Å². The average molecular weight is 150 g/mol. The fourth-order valence-electron chi connectivity index (χ4n) is 0.193. The van der Waals surface area contributed by atoms with Gasteiger partial charge in [0.2, 0.25) is 5.05 Å². The molecule has 0 aromatic rings. The summed E-state index contributed by atoms with van der Waals surface area (Å²) < 4.78 is 4.61. The Morgan fingerprint density at radius 3 is 2.50 bits per heavy atom. The predicted molar refractivity (Wildman–Crippen MR) is 38.2 cm³/mol. The zero-order valence-electron chi connectivity index (χ0n) is 4.38. The zero-order chi connectivity index (χ0) is 6.57. The number of thiol groups is 1. The second-order valence-corrected chi connectivity index (χ2v) is 1.80. The van der Waals surface area contributed by atoms with Gasteiger partial charge in [0.15, 0.2) is 0 Å². The molecular weight excluding hydrogens is 144 g/mol. The van der Waals surface area contributed by atoms with Gasteiger partial charge < -0.3 is 4.74 Å². The van der Waals surface area contributed by atoms with Crippen LogP contribution in [0.15, 0.2) is 0 Å². The molecule has 0 bridgehead atoms. The van der Waals surface area contributed by atoms with Crippen LogP contribution in [0.4, 0.5) is 0 Å². The molecule has 0 spiro atoms. The lowest BCUT2D eigenvalue weighted by molar-refractivity contribution is -0.106. The molecule has 4 heteroatoms. The van der Waals surface area contributed by atoms with Crippen molar-refractivity contribution in [2.45, 2.75) is 6.92 Å². The average Bonchev–Trinajstić information content (AvgIpc) is 1.67. The van der Waals surface area contributed by atoms with Crippen LogP contribution in [0.25, 0.3) is 0 Å². The summed E-state index contributed by atoms with van der Waals surface area (Å²) in [6, 6.07) is 0. The first-order chi connectivity index (χ1) is 3.68. The van der Waals surface area contributed by atoms with Crippen LogP contribution >= 0.6 is 24.8 Å². The van der Waals surface area contributed by atoms with E-state index in [-0.39, 0.29) is 5.05 Å². The highest BCUT2D eigenvalue weighted by atomic mass is 32.1. The first-order valence-corrected chi connectivity index (χ1v) is 2.94. The largest absolute Gasteiger partial charge is 0.480 e. The van der Waals surface area contributed by atoms with E-state index in [1.54, 1.807) is 6.92 Å². The van der Waals surface area contributed by atoms with Gasteiger partial charge in [-0.3, -0.25) is 4.79 Å². The smallest absolute Gasteiger partial charge is 0.262 e. The Morgan fingerprint density at radius 2 is 2.38 bits per heavy atom. The third kappa shape index (κ3) is 2.98. The third-order valence-corrected chi connectivity index (χ3v) is 1.11. The topological polar surface area (TPSA) is 26.3 Å². The molecular formula is C4H6O2S2.